The molecule has 14 heavy (non-hydrogen) atoms. The van der Waals surface area contributed by atoms with Crippen LogP contribution in [0.4, 0.5) is 4.39 Å². The standard InChI is InChI=1S/C10H11Cl2FO/c1-10(2,5-14)6-3-7(11)9(13)8(12)4-6/h3-4,14H,5H2,1-2H3. The molecule has 1 aromatic rings. The van der Waals surface area contributed by atoms with E-state index in [2.05, 4.69) is 0 Å². The predicted molar refractivity (Wildman–Crippen MR) is 56.5 cm³/mol. The normalized spacial score (nSPS) is 11.9. The van der Waals surface area contributed by atoms with E-state index in [4.69, 9.17) is 28.3 Å². The van der Waals surface area contributed by atoms with Crippen LogP contribution in [-0.2, 0) is 5.41 Å². The molecule has 0 saturated heterocycles. The molecule has 0 radical (unpaired) electrons. The minimum absolute atomic E-state index is 0.0194. The quantitative estimate of drug-likeness (QED) is 0.781. The fourth-order valence-corrected chi connectivity index (χ4v) is 1.52. The number of aliphatic hydroxyl groups is 1. The van der Waals surface area contributed by atoms with Crippen molar-refractivity contribution in [3.8, 4) is 0 Å². The molecule has 1 aromatic carbocycles. The second kappa shape index (κ2) is 4.05. The van der Waals surface area contributed by atoms with Gasteiger partial charge in [0.2, 0.25) is 0 Å². The molecule has 0 aliphatic rings. The Hall–Kier alpha value is -0.310. The summed E-state index contributed by atoms with van der Waals surface area (Å²) in [5, 5.41) is 9.08. The summed E-state index contributed by atoms with van der Waals surface area (Å²) < 4.78 is 13.1. The van der Waals surface area contributed by atoms with Crippen LogP contribution < -0.4 is 0 Å². The van der Waals surface area contributed by atoms with Crippen molar-refractivity contribution < 1.29 is 9.50 Å². The smallest absolute Gasteiger partial charge is 0.160 e. The molecule has 0 aliphatic heterocycles. The van der Waals surface area contributed by atoms with Crippen LogP contribution in [0.15, 0.2) is 12.1 Å². The first-order valence-electron chi connectivity index (χ1n) is 4.14. The second-order valence-electron chi connectivity index (χ2n) is 3.80. The van der Waals surface area contributed by atoms with Crippen molar-refractivity contribution in [3.63, 3.8) is 0 Å². The van der Waals surface area contributed by atoms with Gasteiger partial charge in [0.1, 0.15) is 0 Å². The lowest BCUT2D eigenvalue weighted by molar-refractivity contribution is 0.218. The molecule has 0 saturated carbocycles. The zero-order chi connectivity index (χ0) is 10.9. The average Bonchev–Trinajstić information content (AvgIpc) is 2.13. The first-order valence-corrected chi connectivity index (χ1v) is 4.90. The Bertz CT molecular complexity index is 327. The Kier molecular flexibility index (Phi) is 3.40. The first-order chi connectivity index (χ1) is 6.38. The molecule has 1 N–H and O–H groups in total. The molecule has 0 fully saturated rings. The molecule has 0 bridgehead atoms. The fraction of sp³-hybridized carbons (Fsp3) is 0.400. The third-order valence-electron chi connectivity index (χ3n) is 2.16. The summed E-state index contributed by atoms with van der Waals surface area (Å²) in [5.74, 6) is -0.620. The molecule has 0 aliphatic carbocycles. The molecule has 4 heteroatoms. The van der Waals surface area contributed by atoms with Crippen LogP contribution >= 0.6 is 23.2 Å². The van der Waals surface area contributed by atoms with Crippen molar-refractivity contribution >= 4 is 23.2 Å². The lowest BCUT2D eigenvalue weighted by Gasteiger charge is -2.22. The Morgan fingerprint density at radius 3 is 2.07 bits per heavy atom. The topological polar surface area (TPSA) is 20.2 Å². The molecule has 0 atom stereocenters. The summed E-state index contributed by atoms with van der Waals surface area (Å²) >= 11 is 11.3. The monoisotopic (exact) mass is 236 g/mol. The first kappa shape index (κ1) is 11.8. The maximum Gasteiger partial charge on any atom is 0.160 e. The number of halogens is 3. The van der Waals surface area contributed by atoms with Crippen LogP contribution in [0.2, 0.25) is 10.0 Å². The Labute approximate surface area is 92.5 Å². The van der Waals surface area contributed by atoms with Crippen LogP contribution in [0.25, 0.3) is 0 Å². The zero-order valence-electron chi connectivity index (χ0n) is 7.94. The van der Waals surface area contributed by atoms with Gasteiger partial charge < -0.3 is 5.11 Å². The summed E-state index contributed by atoms with van der Waals surface area (Å²) in [7, 11) is 0. The third kappa shape index (κ3) is 2.19. The molecular formula is C10H11Cl2FO. The van der Waals surface area contributed by atoms with Crippen LogP contribution in [0.3, 0.4) is 0 Å². The average molecular weight is 237 g/mol. The number of hydrogen-bond acceptors (Lipinski definition) is 1. The maximum atomic E-state index is 13.1. The van der Waals surface area contributed by atoms with E-state index in [1.54, 1.807) is 0 Å². The molecule has 0 amide bonds. The van der Waals surface area contributed by atoms with E-state index in [-0.39, 0.29) is 16.7 Å². The molecule has 0 unspecified atom stereocenters. The van der Waals surface area contributed by atoms with Gasteiger partial charge in [0.05, 0.1) is 16.7 Å². The van der Waals surface area contributed by atoms with Crippen molar-refractivity contribution in [1.82, 2.24) is 0 Å². The second-order valence-corrected chi connectivity index (χ2v) is 4.61. The van der Waals surface area contributed by atoms with Crippen molar-refractivity contribution in [2.75, 3.05) is 6.61 Å². The van der Waals surface area contributed by atoms with Crippen molar-refractivity contribution in [2.24, 2.45) is 0 Å². The fourth-order valence-electron chi connectivity index (χ4n) is 1.04. The van der Waals surface area contributed by atoms with E-state index < -0.39 is 11.2 Å². The summed E-state index contributed by atoms with van der Waals surface area (Å²) in [6, 6.07) is 2.97. The van der Waals surface area contributed by atoms with Crippen molar-refractivity contribution in [3.05, 3.63) is 33.6 Å². The number of hydrogen-bond donors (Lipinski definition) is 1. The van der Waals surface area contributed by atoms with E-state index >= 15 is 0 Å². The van der Waals surface area contributed by atoms with E-state index in [0.717, 1.165) is 5.56 Å². The Morgan fingerprint density at radius 1 is 1.29 bits per heavy atom. The van der Waals surface area contributed by atoms with Crippen LogP contribution in [-0.4, -0.2) is 11.7 Å². The highest BCUT2D eigenvalue weighted by Gasteiger charge is 2.21. The van der Waals surface area contributed by atoms with Crippen LogP contribution in [0, 0.1) is 5.82 Å². The molecule has 0 heterocycles. The Morgan fingerprint density at radius 2 is 1.71 bits per heavy atom. The molecular weight excluding hydrogens is 226 g/mol. The lowest BCUT2D eigenvalue weighted by Crippen LogP contribution is -2.22. The molecule has 1 nitrogen and oxygen atoms in total. The highest BCUT2D eigenvalue weighted by Crippen LogP contribution is 2.31. The van der Waals surface area contributed by atoms with Crippen LogP contribution in [0.1, 0.15) is 19.4 Å². The number of benzene rings is 1. The van der Waals surface area contributed by atoms with Gasteiger partial charge in [-0.25, -0.2) is 4.39 Å². The van der Waals surface area contributed by atoms with E-state index in [1.165, 1.54) is 12.1 Å². The molecule has 1 rings (SSSR count). The largest absolute Gasteiger partial charge is 0.395 e. The number of aliphatic hydroxyl groups excluding tert-OH is 1. The summed E-state index contributed by atoms with van der Waals surface area (Å²) in [6.07, 6.45) is 0. The minimum atomic E-state index is -0.620. The summed E-state index contributed by atoms with van der Waals surface area (Å²) in [4.78, 5) is 0. The van der Waals surface area contributed by atoms with Gasteiger partial charge in [-0.05, 0) is 17.7 Å². The molecule has 0 aromatic heterocycles. The minimum Gasteiger partial charge on any atom is -0.395 e. The predicted octanol–water partition coefficient (Wildman–Crippen LogP) is 3.40. The van der Waals surface area contributed by atoms with E-state index in [0.29, 0.717) is 0 Å². The lowest BCUT2D eigenvalue weighted by atomic mass is 9.86. The van der Waals surface area contributed by atoms with Gasteiger partial charge in [0.25, 0.3) is 0 Å². The van der Waals surface area contributed by atoms with Crippen LogP contribution in [0.5, 0.6) is 0 Å². The highest BCUT2D eigenvalue weighted by atomic mass is 35.5. The van der Waals surface area contributed by atoms with E-state index in [1.807, 2.05) is 13.8 Å². The van der Waals surface area contributed by atoms with E-state index in [9.17, 15) is 4.39 Å². The van der Waals surface area contributed by atoms with Gasteiger partial charge in [-0.3, -0.25) is 0 Å². The van der Waals surface area contributed by atoms with Gasteiger partial charge in [-0.15, -0.1) is 0 Å². The molecule has 0 spiro atoms. The summed E-state index contributed by atoms with van der Waals surface area (Å²) in [5.41, 5.74) is 0.248. The van der Waals surface area contributed by atoms with Gasteiger partial charge in [0.15, 0.2) is 5.82 Å². The van der Waals surface area contributed by atoms with Gasteiger partial charge in [-0.1, -0.05) is 37.0 Å². The SMILES string of the molecule is CC(C)(CO)c1cc(Cl)c(F)c(Cl)c1. The number of rotatable bonds is 2. The maximum absolute atomic E-state index is 13.1. The third-order valence-corrected chi connectivity index (χ3v) is 2.71. The van der Waals surface area contributed by atoms with Gasteiger partial charge in [-0.2, -0.15) is 0 Å². The highest BCUT2D eigenvalue weighted by molar-refractivity contribution is 6.35. The zero-order valence-corrected chi connectivity index (χ0v) is 9.45. The van der Waals surface area contributed by atoms with Gasteiger partial charge >= 0.3 is 0 Å². The van der Waals surface area contributed by atoms with Crippen molar-refractivity contribution in [1.29, 1.82) is 0 Å². The van der Waals surface area contributed by atoms with Crippen molar-refractivity contribution in [2.45, 2.75) is 19.3 Å². The molecule has 78 valence electrons. The summed E-state index contributed by atoms with van der Waals surface area (Å²) in [6.45, 7) is 3.60. The Balaban J connectivity index is 3.26. The van der Waals surface area contributed by atoms with Gasteiger partial charge in [0, 0.05) is 5.41 Å².